The van der Waals surface area contributed by atoms with Gasteiger partial charge in [0.2, 0.25) is 5.58 Å². The van der Waals surface area contributed by atoms with E-state index in [0.717, 1.165) is 29.3 Å². The molecular weight excluding hydrogens is 256 g/mol. The van der Waals surface area contributed by atoms with Crippen molar-refractivity contribution in [2.75, 3.05) is 0 Å². The van der Waals surface area contributed by atoms with Gasteiger partial charge in [-0.05, 0) is 24.3 Å². The summed E-state index contributed by atoms with van der Waals surface area (Å²) in [7, 11) is 0. The van der Waals surface area contributed by atoms with Gasteiger partial charge in [-0.1, -0.05) is 23.5 Å². The third-order valence-electron chi connectivity index (χ3n) is 3.65. The minimum absolute atomic E-state index is 0.811. The van der Waals surface area contributed by atoms with Crippen LogP contribution in [0.5, 0.6) is 0 Å². The summed E-state index contributed by atoms with van der Waals surface area (Å²) in [6.45, 7) is 0.811. The number of pyridine rings is 1. The van der Waals surface area contributed by atoms with Crippen molar-refractivity contribution in [3.05, 3.63) is 48.3 Å². The molecule has 1 aromatic carbocycles. The first-order chi connectivity index (χ1) is 9.42. The minimum atomic E-state index is 0.811. The zero-order valence-electron chi connectivity index (χ0n) is 9.96. The molecule has 4 heterocycles. The number of hydrogen-bond donors (Lipinski definition) is 0. The molecule has 0 saturated heterocycles. The number of aromatic nitrogens is 2. The molecule has 0 saturated carbocycles. The van der Waals surface area contributed by atoms with E-state index in [-0.39, 0.29) is 0 Å². The maximum absolute atomic E-state index is 6.12. The lowest BCUT2D eigenvalue weighted by Gasteiger charge is -1.88. The molecule has 5 rings (SSSR count). The van der Waals surface area contributed by atoms with Gasteiger partial charge in [0, 0.05) is 16.3 Å². The normalized spacial score (nSPS) is 13.1. The van der Waals surface area contributed by atoms with Gasteiger partial charge in [0.15, 0.2) is 6.54 Å². The smallest absolute Gasteiger partial charge is 0.384 e. The van der Waals surface area contributed by atoms with Crippen molar-refractivity contribution in [2.24, 2.45) is 0 Å². The quantitative estimate of drug-likeness (QED) is 0.402. The van der Waals surface area contributed by atoms with Crippen molar-refractivity contribution in [3.8, 4) is 11.5 Å². The lowest BCUT2D eigenvalue weighted by Crippen LogP contribution is -2.29. The zero-order valence-corrected chi connectivity index (χ0v) is 10.8. The van der Waals surface area contributed by atoms with Crippen LogP contribution in [0.25, 0.3) is 32.0 Å². The average molecular weight is 265 g/mol. The fourth-order valence-electron chi connectivity index (χ4n) is 2.78. The minimum Gasteiger partial charge on any atom is -0.396 e. The van der Waals surface area contributed by atoms with Crippen molar-refractivity contribution in [1.82, 2.24) is 4.98 Å². The number of benzene rings is 1. The van der Waals surface area contributed by atoms with Crippen LogP contribution in [-0.4, -0.2) is 4.98 Å². The Balaban J connectivity index is 1.93. The fraction of sp³-hybridized carbons (Fsp3) is 0.0667. The number of hydrogen-bond acceptors (Lipinski definition) is 3. The average Bonchev–Trinajstić information content (AvgIpc) is 3.07. The van der Waals surface area contributed by atoms with Crippen molar-refractivity contribution >= 4 is 31.8 Å². The highest BCUT2D eigenvalue weighted by molar-refractivity contribution is 7.25. The SMILES string of the molecule is c1cnc2c(c1)-c1oc3c4ccccc4sc3[n+]1C2. The Hall–Kier alpha value is -2.20. The standard InChI is InChI=1S/C15H9N2OS/c1-2-6-12-10(4-1)13-15(19-12)17-8-11-9(14(17)18-13)5-3-7-16-11/h1-7H,8H2/q+1. The molecule has 4 heteroatoms. The molecule has 0 radical (unpaired) electrons. The van der Waals surface area contributed by atoms with E-state index in [4.69, 9.17) is 4.42 Å². The molecular formula is C15H9N2OS+. The molecule has 4 aromatic rings. The Morgan fingerprint density at radius 1 is 1.16 bits per heavy atom. The number of thiophene rings is 1. The van der Waals surface area contributed by atoms with Gasteiger partial charge in [0.1, 0.15) is 11.3 Å². The molecule has 0 spiro atoms. The molecule has 0 aliphatic carbocycles. The third kappa shape index (κ3) is 1.12. The summed E-state index contributed by atoms with van der Waals surface area (Å²) in [6.07, 6.45) is 1.84. The van der Waals surface area contributed by atoms with Crippen LogP contribution in [-0.2, 0) is 6.54 Å². The second kappa shape index (κ2) is 3.22. The molecule has 0 N–H and O–H groups in total. The van der Waals surface area contributed by atoms with Crippen LogP contribution in [0.15, 0.2) is 47.0 Å². The summed E-state index contributed by atoms with van der Waals surface area (Å²) in [4.78, 5) is 5.63. The first-order valence-electron chi connectivity index (χ1n) is 6.20. The number of fused-ring (bicyclic) bond motifs is 7. The van der Waals surface area contributed by atoms with E-state index < -0.39 is 0 Å². The van der Waals surface area contributed by atoms with Crippen LogP contribution >= 0.6 is 11.3 Å². The van der Waals surface area contributed by atoms with Gasteiger partial charge in [-0.25, -0.2) is 0 Å². The highest BCUT2D eigenvalue weighted by atomic mass is 32.1. The predicted octanol–water partition coefficient (Wildman–Crippen LogP) is 3.36. The predicted molar refractivity (Wildman–Crippen MR) is 74.1 cm³/mol. The summed E-state index contributed by atoms with van der Waals surface area (Å²) < 4.78 is 9.63. The first kappa shape index (κ1) is 9.69. The molecule has 0 atom stereocenters. The van der Waals surface area contributed by atoms with E-state index in [0.29, 0.717) is 0 Å². The highest BCUT2D eigenvalue weighted by Crippen LogP contribution is 2.37. The first-order valence-corrected chi connectivity index (χ1v) is 7.01. The van der Waals surface area contributed by atoms with Gasteiger partial charge in [-0.2, -0.15) is 0 Å². The van der Waals surface area contributed by atoms with Crippen LogP contribution in [0.3, 0.4) is 0 Å². The molecule has 3 nitrogen and oxygen atoms in total. The summed E-state index contributed by atoms with van der Waals surface area (Å²) in [5.41, 5.74) is 3.22. The summed E-state index contributed by atoms with van der Waals surface area (Å²) in [6, 6.07) is 12.4. The lowest BCUT2D eigenvalue weighted by atomic mass is 10.2. The Kier molecular flexibility index (Phi) is 1.64. The van der Waals surface area contributed by atoms with Crippen molar-refractivity contribution in [2.45, 2.75) is 6.54 Å². The monoisotopic (exact) mass is 265 g/mol. The van der Waals surface area contributed by atoms with Gasteiger partial charge in [-0.15, -0.1) is 4.57 Å². The van der Waals surface area contributed by atoms with E-state index in [1.807, 2.05) is 12.3 Å². The topological polar surface area (TPSA) is 29.9 Å². The van der Waals surface area contributed by atoms with E-state index in [2.05, 4.69) is 39.9 Å². The van der Waals surface area contributed by atoms with Crippen molar-refractivity contribution in [3.63, 3.8) is 0 Å². The molecule has 1 aliphatic rings. The molecule has 90 valence electrons. The van der Waals surface area contributed by atoms with E-state index in [1.165, 1.54) is 14.9 Å². The maximum atomic E-state index is 6.12. The van der Waals surface area contributed by atoms with Crippen molar-refractivity contribution in [1.29, 1.82) is 0 Å². The Labute approximate surface area is 112 Å². The molecule has 0 bridgehead atoms. The van der Waals surface area contributed by atoms with Gasteiger partial charge < -0.3 is 4.42 Å². The number of rotatable bonds is 0. The lowest BCUT2D eigenvalue weighted by molar-refractivity contribution is -0.647. The Morgan fingerprint density at radius 3 is 3.11 bits per heavy atom. The third-order valence-corrected chi connectivity index (χ3v) is 4.83. The molecule has 19 heavy (non-hydrogen) atoms. The molecule has 0 fully saturated rings. The molecule has 0 unspecified atom stereocenters. The molecule has 3 aromatic heterocycles. The van der Waals surface area contributed by atoms with Gasteiger partial charge in [0.05, 0.1) is 0 Å². The Morgan fingerprint density at radius 2 is 2.11 bits per heavy atom. The molecule has 1 aliphatic heterocycles. The van der Waals surface area contributed by atoms with Gasteiger partial charge in [0.25, 0.3) is 0 Å². The van der Waals surface area contributed by atoms with E-state index in [1.54, 1.807) is 11.3 Å². The second-order valence-corrected chi connectivity index (χ2v) is 5.75. The van der Waals surface area contributed by atoms with Crippen LogP contribution in [0.2, 0.25) is 0 Å². The summed E-state index contributed by atoms with van der Waals surface area (Å²) in [5, 5.41) is 1.20. The van der Waals surface area contributed by atoms with Crippen LogP contribution < -0.4 is 4.57 Å². The second-order valence-electron chi connectivity index (χ2n) is 4.72. The fourth-order valence-corrected chi connectivity index (χ4v) is 3.91. The summed E-state index contributed by atoms with van der Waals surface area (Å²) in [5.74, 6) is 0.940. The van der Waals surface area contributed by atoms with Gasteiger partial charge in [-0.3, -0.25) is 4.98 Å². The van der Waals surface area contributed by atoms with E-state index >= 15 is 0 Å². The van der Waals surface area contributed by atoms with Crippen LogP contribution in [0, 0.1) is 0 Å². The van der Waals surface area contributed by atoms with Crippen LogP contribution in [0.4, 0.5) is 0 Å². The highest BCUT2D eigenvalue weighted by Gasteiger charge is 2.36. The number of oxazole rings is 1. The largest absolute Gasteiger partial charge is 0.396 e. The Bertz CT molecular complexity index is 951. The van der Waals surface area contributed by atoms with E-state index in [9.17, 15) is 0 Å². The summed E-state index contributed by atoms with van der Waals surface area (Å²) >= 11 is 1.79. The van der Waals surface area contributed by atoms with Crippen molar-refractivity contribution < 1.29 is 8.98 Å². The molecule has 0 amide bonds. The maximum Gasteiger partial charge on any atom is 0.384 e. The zero-order chi connectivity index (χ0) is 12.4. The number of nitrogens with zero attached hydrogens (tertiary/aromatic N) is 2. The van der Waals surface area contributed by atoms with Crippen LogP contribution in [0.1, 0.15) is 5.69 Å². The van der Waals surface area contributed by atoms with Gasteiger partial charge >= 0.3 is 10.7 Å².